The summed E-state index contributed by atoms with van der Waals surface area (Å²) in [6.07, 6.45) is 1.34. The molecule has 150 valence electrons. The van der Waals surface area contributed by atoms with Crippen LogP contribution in [0.25, 0.3) is 10.9 Å². The van der Waals surface area contributed by atoms with Crippen molar-refractivity contribution in [3.8, 4) is 0 Å². The Labute approximate surface area is 167 Å². The summed E-state index contributed by atoms with van der Waals surface area (Å²) in [7, 11) is 0. The molecule has 4 rings (SSSR count). The van der Waals surface area contributed by atoms with Gasteiger partial charge in [0.15, 0.2) is 0 Å². The van der Waals surface area contributed by atoms with Gasteiger partial charge in [0.25, 0.3) is 0 Å². The maximum absolute atomic E-state index is 14.9. The van der Waals surface area contributed by atoms with Gasteiger partial charge < -0.3 is 19.5 Å². The predicted molar refractivity (Wildman–Crippen MR) is 112 cm³/mol. The fraction of sp³-hybridized carbons (Fsp3) is 0.273. The Balaban J connectivity index is 1.68. The molecular weight excluding hydrogens is 373 g/mol. The standard InChI is InChI=1S/C22H22FN3O3/c1-2-24-14-17(22(28)29)21(27)16-12-18(23)20(13-19(16)24)26-10-8-25(9-11-26)15-6-4-3-5-7-15/h3-7,12-14H,2,8-11H2,1H3,(H,28,29). The lowest BCUT2D eigenvalue weighted by atomic mass is 10.1. The number of benzene rings is 2. The zero-order valence-corrected chi connectivity index (χ0v) is 16.1. The molecule has 0 radical (unpaired) electrons. The van der Waals surface area contributed by atoms with Gasteiger partial charge in [0.05, 0.1) is 11.2 Å². The van der Waals surface area contributed by atoms with Crippen molar-refractivity contribution in [1.82, 2.24) is 4.57 Å². The molecule has 1 fully saturated rings. The van der Waals surface area contributed by atoms with Crippen LogP contribution >= 0.6 is 0 Å². The number of aromatic nitrogens is 1. The predicted octanol–water partition coefficient (Wildman–Crippen LogP) is 3.19. The second kappa shape index (κ2) is 7.58. The summed E-state index contributed by atoms with van der Waals surface area (Å²) in [5.74, 6) is -1.81. The van der Waals surface area contributed by atoms with E-state index < -0.39 is 17.2 Å². The molecule has 0 amide bonds. The number of pyridine rings is 1. The van der Waals surface area contributed by atoms with Crippen LogP contribution < -0.4 is 15.2 Å². The van der Waals surface area contributed by atoms with Gasteiger partial charge in [0, 0.05) is 50.0 Å². The van der Waals surface area contributed by atoms with Crippen LogP contribution in [0.4, 0.5) is 15.8 Å². The Morgan fingerprint density at radius 3 is 2.34 bits per heavy atom. The lowest BCUT2D eigenvalue weighted by molar-refractivity contribution is 0.0695. The number of aryl methyl sites for hydroxylation is 1. The number of carbonyl (C=O) groups is 1. The van der Waals surface area contributed by atoms with Crippen LogP contribution in [0.3, 0.4) is 0 Å². The third kappa shape index (κ3) is 3.44. The van der Waals surface area contributed by atoms with Crippen LogP contribution in [-0.2, 0) is 6.54 Å². The number of aromatic carboxylic acids is 1. The molecule has 29 heavy (non-hydrogen) atoms. The number of halogens is 1. The van der Waals surface area contributed by atoms with E-state index in [1.807, 2.05) is 30.0 Å². The molecule has 2 heterocycles. The number of piperazine rings is 1. The minimum atomic E-state index is -1.30. The fourth-order valence-electron chi connectivity index (χ4n) is 3.90. The van der Waals surface area contributed by atoms with Gasteiger partial charge >= 0.3 is 5.97 Å². The third-order valence-corrected chi connectivity index (χ3v) is 5.46. The molecule has 1 aliphatic heterocycles. The zero-order chi connectivity index (χ0) is 20.5. The van der Waals surface area contributed by atoms with Gasteiger partial charge in [-0.05, 0) is 31.2 Å². The van der Waals surface area contributed by atoms with Crippen LogP contribution in [0.5, 0.6) is 0 Å². The SMILES string of the molecule is CCn1cc(C(=O)O)c(=O)c2cc(F)c(N3CCN(c4ccccc4)CC3)cc21. The van der Waals surface area contributed by atoms with Gasteiger partial charge in [-0.15, -0.1) is 0 Å². The molecule has 6 nitrogen and oxygen atoms in total. The van der Waals surface area contributed by atoms with E-state index in [0.29, 0.717) is 30.8 Å². The Bertz CT molecular complexity index is 1120. The summed E-state index contributed by atoms with van der Waals surface area (Å²) in [5, 5.41) is 9.37. The topological polar surface area (TPSA) is 65.8 Å². The number of carboxylic acids is 1. The highest BCUT2D eigenvalue weighted by Crippen LogP contribution is 2.27. The van der Waals surface area contributed by atoms with E-state index in [4.69, 9.17) is 0 Å². The number of rotatable bonds is 4. The van der Waals surface area contributed by atoms with Crippen molar-refractivity contribution in [2.45, 2.75) is 13.5 Å². The van der Waals surface area contributed by atoms with E-state index in [9.17, 15) is 19.1 Å². The molecule has 2 aromatic carbocycles. The van der Waals surface area contributed by atoms with Crippen LogP contribution in [0.2, 0.25) is 0 Å². The first-order valence-corrected chi connectivity index (χ1v) is 9.64. The first-order valence-electron chi connectivity index (χ1n) is 9.64. The molecule has 1 aliphatic rings. The lowest BCUT2D eigenvalue weighted by Crippen LogP contribution is -2.46. The van der Waals surface area contributed by atoms with E-state index >= 15 is 0 Å². The first kappa shape index (κ1) is 19.0. The number of carboxylic acid groups (broad SMARTS) is 1. The summed E-state index contributed by atoms with van der Waals surface area (Å²) in [5.41, 5.74) is 1.13. The van der Waals surface area contributed by atoms with E-state index in [1.165, 1.54) is 12.3 Å². The van der Waals surface area contributed by atoms with Gasteiger partial charge in [-0.1, -0.05) is 18.2 Å². The first-order chi connectivity index (χ1) is 14.0. The molecule has 1 saturated heterocycles. The molecule has 3 aromatic rings. The number of hydrogen-bond donors (Lipinski definition) is 1. The van der Waals surface area contributed by atoms with E-state index in [0.717, 1.165) is 18.8 Å². The Kier molecular flexibility index (Phi) is 4.96. The average Bonchev–Trinajstić information content (AvgIpc) is 2.74. The van der Waals surface area contributed by atoms with Gasteiger partial charge in [-0.3, -0.25) is 4.79 Å². The number of fused-ring (bicyclic) bond motifs is 1. The van der Waals surface area contributed by atoms with Crippen molar-refractivity contribution in [2.24, 2.45) is 0 Å². The number of nitrogens with zero attached hydrogens (tertiary/aromatic N) is 3. The molecule has 1 N–H and O–H groups in total. The Morgan fingerprint density at radius 1 is 1.07 bits per heavy atom. The highest BCUT2D eigenvalue weighted by Gasteiger charge is 2.22. The second-order valence-corrected chi connectivity index (χ2v) is 7.09. The molecule has 0 saturated carbocycles. The molecule has 0 unspecified atom stereocenters. The molecule has 0 spiro atoms. The molecule has 0 bridgehead atoms. The van der Waals surface area contributed by atoms with E-state index in [1.54, 1.807) is 10.6 Å². The van der Waals surface area contributed by atoms with Crippen molar-refractivity contribution in [2.75, 3.05) is 36.0 Å². The van der Waals surface area contributed by atoms with Crippen molar-refractivity contribution in [1.29, 1.82) is 0 Å². The number of anilines is 2. The quantitative estimate of drug-likeness (QED) is 0.735. The minimum absolute atomic E-state index is 0.0934. The summed E-state index contributed by atoms with van der Waals surface area (Å²) in [4.78, 5) is 28.1. The number of para-hydroxylation sites is 1. The largest absolute Gasteiger partial charge is 0.477 e. The van der Waals surface area contributed by atoms with Crippen molar-refractivity contribution in [3.05, 3.63) is 70.3 Å². The highest BCUT2D eigenvalue weighted by molar-refractivity contribution is 5.93. The Morgan fingerprint density at radius 2 is 1.72 bits per heavy atom. The van der Waals surface area contributed by atoms with Crippen LogP contribution in [-0.4, -0.2) is 41.8 Å². The second-order valence-electron chi connectivity index (χ2n) is 7.09. The number of hydrogen-bond acceptors (Lipinski definition) is 4. The monoisotopic (exact) mass is 395 g/mol. The van der Waals surface area contributed by atoms with E-state index in [-0.39, 0.29) is 10.9 Å². The van der Waals surface area contributed by atoms with Crippen LogP contribution in [0.15, 0.2) is 53.5 Å². The molecule has 0 aliphatic carbocycles. The summed E-state index contributed by atoms with van der Waals surface area (Å²) in [6, 6.07) is 12.9. The summed E-state index contributed by atoms with van der Waals surface area (Å²) >= 11 is 0. The molecular formula is C22H22FN3O3. The smallest absolute Gasteiger partial charge is 0.341 e. The van der Waals surface area contributed by atoms with Gasteiger partial charge in [0.2, 0.25) is 5.43 Å². The lowest BCUT2D eigenvalue weighted by Gasteiger charge is -2.37. The zero-order valence-electron chi connectivity index (χ0n) is 16.1. The summed E-state index contributed by atoms with van der Waals surface area (Å²) in [6.45, 7) is 5.17. The van der Waals surface area contributed by atoms with Crippen LogP contribution in [0, 0.1) is 5.82 Å². The summed E-state index contributed by atoms with van der Waals surface area (Å²) < 4.78 is 16.6. The van der Waals surface area contributed by atoms with E-state index in [2.05, 4.69) is 17.0 Å². The van der Waals surface area contributed by atoms with Gasteiger partial charge in [-0.25, -0.2) is 9.18 Å². The maximum Gasteiger partial charge on any atom is 0.341 e. The third-order valence-electron chi connectivity index (χ3n) is 5.46. The maximum atomic E-state index is 14.9. The van der Waals surface area contributed by atoms with Crippen LogP contribution in [0.1, 0.15) is 17.3 Å². The average molecular weight is 395 g/mol. The van der Waals surface area contributed by atoms with Gasteiger partial charge in [0.1, 0.15) is 11.4 Å². The van der Waals surface area contributed by atoms with Gasteiger partial charge in [-0.2, -0.15) is 0 Å². The molecule has 0 atom stereocenters. The minimum Gasteiger partial charge on any atom is -0.477 e. The fourth-order valence-corrected chi connectivity index (χ4v) is 3.90. The van der Waals surface area contributed by atoms with Crippen molar-refractivity contribution < 1.29 is 14.3 Å². The normalized spacial score (nSPS) is 14.4. The highest BCUT2D eigenvalue weighted by atomic mass is 19.1. The van der Waals surface area contributed by atoms with Crippen molar-refractivity contribution >= 4 is 28.2 Å². The molecule has 7 heteroatoms. The van der Waals surface area contributed by atoms with Crippen molar-refractivity contribution in [3.63, 3.8) is 0 Å². The Hall–Kier alpha value is -3.35. The molecule has 1 aromatic heterocycles.